The van der Waals surface area contributed by atoms with Crippen LogP contribution in [0.2, 0.25) is 0 Å². The largest absolute Gasteiger partial charge is 0.462 e. The maximum Gasteiger partial charge on any atom is 0.338 e. The molecule has 2 heterocycles. The van der Waals surface area contributed by atoms with Crippen molar-refractivity contribution in [2.45, 2.75) is 25.3 Å². The van der Waals surface area contributed by atoms with Crippen LogP contribution in [0.15, 0.2) is 73.3 Å². The molecule has 9 nitrogen and oxygen atoms in total. The van der Waals surface area contributed by atoms with Gasteiger partial charge in [-0.2, -0.15) is 0 Å². The predicted molar refractivity (Wildman–Crippen MR) is 133 cm³/mol. The fraction of sp³-hybridized carbons (Fsp3) is 0.296. The third-order valence-electron chi connectivity index (χ3n) is 6.77. The van der Waals surface area contributed by atoms with E-state index in [9.17, 15) is 9.59 Å². The number of carbonyl (C=O) groups is 2. The first-order valence-electron chi connectivity index (χ1n) is 12.0. The number of carbonyl (C=O) groups excluding carboxylic acids is 2. The van der Waals surface area contributed by atoms with E-state index in [4.69, 9.17) is 15.2 Å². The molecule has 9 heteroatoms. The molecule has 0 bridgehead atoms. The van der Waals surface area contributed by atoms with Crippen LogP contribution in [0.25, 0.3) is 11.2 Å². The first-order chi connectivity index (χ1) is 17.6. The number of benzene rings is 2. The first-order valence-corrected chi connectivity index (χ1v) is 12.0. The number of imidazole rings is 1. The van der Waals surface area contributed by atoms with E-state index in [0.29, 0.717) is 34.5 Å². The van der Waals surface area contributed by atoms with Crippen molar-refractivity contribution in [3.8, 4) is 0 Å². The topological polar surface area (TPSA) is 122 Å². The van der Waals surface area contributed by atoms with Crippen molar-refractivity contribution in [1.29, 1.82) is 0 Å². The van der Waals surface area contributed by atoms with Crippen LogP contribution in [0.3, 0.4) is 0 Å². The average Bonchev–Trinajstić information content (AvgIpc) is 3.37. The molecule has 2 N–H and O–H groups in total. The number of rotatable bonds is 7. The summed E-state index contributed by atoms with van der Waals surface area (Å²) in [5, 5.41) is 0. The molecule has 2 aromatic carbocycles. The van der Waals surface area contributed by atoms with Gasteiger partial charge in [0.2, 0.25) is 0 Å². The number of fused-ring (bicyclic) bond motifs is 1. The summed E-state index contributed by atoms with van der Waals surface area (Å²) in [6.45, 7) is 0.481. The van der Waals surface area contributed by atoms with Gasteiger partial charge in [0.25, 0.3) is 0 Å². The zero-order valence-corrected chi connectivity index (χ0v) is 19.7. The molecule has 0 spiro atoms. The van der Waals surface area contributed by atoms with Crippen molar-refractivity contribution < 1.29 is 19.1 Å². The molecule has 0 aliphatic heterocycles. The number of hydrogen-bond acceptors (Lipinski definition) is 8. The van der Waals surface area contributed by atoms with Crippen molar-refractivity contribution in [3.63, 3.8) is 0 Å². The van der Waals surface area contributed by atoms with Crippen LogP contribution in [-0.4, -0.2) is 44.7 Å². The summed E-state index contributed by atoms with van der Waals surface area (Å²) in [6, 6.07) is 17.9. The van der Waals surface area contributed by atoms with Crippen molar-refractivity contribution in [3.05, 3.63) is 84.4 Å². The monoisotopic (exact) mass is 485 g/mol. The van der Waals surface area contributed by atoms with Gasteiger partial charge in [-0.3, -0.25) is 0 Å². The van der Waals surface area contributed by atoms with Crippen LogP contribution >= 0.6 is 0 Å². The van der Waals surface area contributed by atoms with Gasteiger partial charge in [-0.25, -0.2) is 24.5 Å². The Balaban J connectivity index is 1.31. The molecule has 1 aliphatic rings. The summed E-state index contributed by atoms with van der Waals surface area (Å²) in [5.41, 5.74) is 8.24. The maximum absolute atomic E-state index is 12.6. The van der Waals surface area contributed by atoms with Gasteiger partial charge in [0, 0.05) is 12.0 Å². The minimum absolute atomic E-state index is 0.0170. The highest BCUT2D eigenvalue weighted by Crippen LogP contribution is 2.38. The lowest BCUT2D eigenvalue weighted by molar-refractivity contribution is 0.00843. The first kappa shape index (κ1) is 23.5. The zero-order valence-electron chi connectivity index (χ0n) is 19.7. The van der Waals surface area contributed by atoms with Crippen molar-refractivity contribution in [1.82, 2.24) is 19.5 Å². The third kappa shape index (κ3) is 5.05. The molecule has 0 amide bonds. The molecule has 2 aromatic heterocycles. The van der Waals surface area contributed by atoms with Crippen molar-refractivity contribution in [2.75, 3.05) is 18.9 Å². The second kappa shape index (κ2) is 10.6. The molecule has 4 aromatic rings. The number of nitrogens with zero attached hydrogens (tertiary/aromatic N) is 4. The normalized spacial score (nSPS) is 19.6. The van der Waals surface area contributed by atoms with Crippen LogP contribution in [0.5, 0.6) is 0 Å². The Morgan fingerprint density at radius 1 is 0.833 bits per heavy atom. The second-order valence-corrected chi connectivity index (χ2v) is 9.00. The number of nitrogens with two attached hydrogens (primary N) is 1. The molecular weight excluding hydrogens is 458 g/mol. The fourth-order valence-corrected chi connectivity index (χ4v) is 4.80. The van der Waals surface area contributed by atoms with E-state index in [1.807, 2.05) is 16.7 Å². The Kier molecular flexibility index (Phi) is 6.88. The summed E-state index contributed by atoms with van der Waals surface area (Å²) in [7, 11) is 0. The summed E-state index contributed by atoms with van der Waals surface area (Å²) < 4.78 is 13.4. The van der Waals surface area contributed by atoms with Crippen LogP contribution in [0.1, 0.15) is 46.0 Å². The number of anilines is 1. The molecular formula is C27H27N5O4. The Labute approximate surface area is 208 Å². The Morgan fingerprint density at radius 3 is 2.08 bits per heavy atom. The Hall–Kier alpha value is -4.27. The molecule has 1 aliphatic carbocycles. The minimum Gasteiger partial charge on any atom is -0.462 e. The lowest BCUT2D eigenvalue weighted by Gasteiger charge is -2.36. The van der Waals surface area contributed by atoms with Crippen LogP contribution in [-0.2, 0) is 9.47 Å². The highest BCUT2D eigenvalue weighted by Gasteiger charge is 2.34. The van der Waals surface area contributed by atoms with Gasteiger partial charge in [0.1, 0.15) is 11.8 Å². The van der Waals surface area contributed by atoms with E-state index in [1.165, 1.54) is 6.33 Å². The summed E-state index contributed by atoms with van der Waals surface area (Å²) in [4.78, 5) is 37.9. The van der Waals surface area contributed by atoms with Gasteiger partial charge in [-0.15, -0.1) is 0 Å². The maximum atomic E-state index is 12.6. The highest BCUT2D eigenvalue weighted by molar-refractivity contribution is 5.89. The number of nitrogen functional groups attached to an aromatic ring is 1. The summed E-state index contributed by atoms with van der Waals surface area (Å²) >= 11 is 0. The summed E-state index contributed by atoms with van der Waals surface area (Å²) in [5.74, 6) is -0.353. The Morgan fingerprint density at radius 2 is 1.44 bits per heavy atom. The van der Waals surface area contributed by atoms with E-state index in [1.54, 1.807) is 54.9 Å². The van der Waals surface area contributed by atoms with Gasteiger partial charge >= 0.3 is 11.9 Å². The molecule has 0 saturated heterocycles. The molecule has 5 rings (SSSR count). The molecule has 0 radical (unpaired) electrons. The Bertz CT molecular complexity index is 1340. The minimum atomic E-state index is -0.369. The van der Waals surface area contributed by atoms with Gasteiger partial charge < -0.3 is 19.8 Å². The van der Waals surface area contributed by atoms with E-state index in [-0.39, 0.29) is 43.0 Å². The number of aromatic nitrogens is 4. The summed E-state index contributed by atoms with van der Waals surface area (Å²) in [6.07, 6.45) is 5.52. The molecule has 184 valence electrons. The van der Waals surface area contributed by atoms with Crippen LogP contribution in [0.4, 0.5) is 5.82 Å². The third-order valence-corrected chi connectivity index (χ3v) is 6.77. The van der Waals surface area contributed by atoms with Crippen molar-refractivity contribution >= 4 is 28.9 Å². The lowest BCUT2D eigenvalue weighted by Crippen LogP contribution is -2.33. The molecule has 1 saturated carbocycles. The highest BCUT2D eigenvalue weighted by atomic mass is 16.5. The average molecular weight is 486 g/mol. The van der Waals surface area contributed by atoms with E-state index >= 15 is 0 Å². The number of ether oxygens (including phenoxy) is 2. The number of esters is 2. The fourth-order valence-electron chi connectivity index (χ4n) is 4.80. The quantitative estimate of drug-likeness (QED) is 0.389. The predicted octanol–water partition coefficient (Wildman–Crippen LogP) is 4.08. The van der Waals surface area contributed by atoms with Gasteiger partial charge in [0.15, 0.2) is 11.5 Å². The standard InChI is InChI=1S/C27H27N5O4/c28-24-23-25(30-16-29-24)32(17-31-23)22-12-11-20(14-35-26(33)18-7-3-1-4-8-18)21(13-22)15-36-27(34)19-9-5-2-6-10-19/h1-10,16-17,20-22H,11-15H2,(H2,28,29,30). The smallest absolute Gasteiger partial charge is 0.338 e. The van der Waals surface area contributed by atoms with E-state index in [2.05, 4.69) is 15.0 Å². The van der Waals surface area contributed by atoms with Gasteiger partial charge in [0.05, 0.1) is 30.7 Å². The van der Waals surface area contributed by atoms with Gasteiger partial charge in [-0.05, 0) is 49.4 Å². The van der Waals surface area contributed by atoms with Crippen molar-refractivity contribution in [2.24, 2.45) is 11.8 Å². The second-order valence-electron chi connectivity index (χ2n) is 9.00. The van der Waals surface area contributed by atoms with Crippen LogP contribution < -0.4 is 5.73 Å². The molecule has 1 fully saturated rings. The van der Waals surface area contributed by atoms with Gasteiger partial charge in [-0.1, -0.05) is 36.4 Å². The zero-order chi connectivity index (χ0) is 24.9. The SMILES string of the molecule is Nc1ncnc2c1ncn2C1CCC(COC(=O)c2ccccc2)C(COC(=O)c2ccccc2)C1. The molecule has 36 heavy (non-hydrogen) atoms. The molecule has 3 unspecified atom stereocenters. The van der Waals surface area contributed by atoms with Crippen LogP contribution in [0, 0.1) is 11.8 Å². The molecule has 3 atom stereocenters. The lowest BCUT2D eigenvalue weighted by atomic mass is 9.77. The number of hydrogen-bond donors (Lipinski definition) is 1. The van der Waals surface area contributed by atoms with E-state index < -0.39 is 0 Å². The van der Waals surface area contributed by atoms with E-state index in [0.717, 1.165) is 12.8 Å².